The van der Waals surface area contributed by atoms with Crippen LogP contribution >= 0.6 is 27.5 Å². The molecule has 0 amide bonds. The number of carbonyl (C=O) groups excluding carboxylic acids is 1. The van der Waals surface area contributed by atoms with E-state index in [4.69, 9.17) is 11.6 Å². The minimum absolute atomic E-state index is 0.0385. The van der Waals surface area contributed by atoms with Crippen molar-refractivity contribution in [3.8, 4) is 0 Å². The van der Waals surface area contributed by atoms with Crippen LogP contribution in [0, 0.1) is 0 Å². The van der Waals surface area contributed by atoms with Crippen molar-refractivity contribution in [3.63, 3.8) is 0 Å². The highest BCUT2D eigenvalue weighted by molar-refractivity contribution is 9.10. The van der Waals surface area contributed by atoms with Gasteiger partial charge in [-0.05, 0) is 29.8 Å². The van der Waals surface area contributed by atoms with E-state index >= 15 is 0 Å². The van der Waals surface area contributed by atoms with Gasteiger partial charge >= 0.3 is 0 Å². The number of rotatable bonds is 3. The molecule has 0 aliphatic rings. The summed E-state index contributed by atoms with van der Waals surface area (Å²) in [5.74, 6) is 0.0385. The minimum atomic E-state index is 0.0385. The van der Waals surface area contributed by atoms with Gasteiger partial charge in [0.2, 0.25) is 0 Å². The zero-order valence-electron chi connectivity index (χ0n) is 8.86. The van der Waals surface area contributed by atoms with Crippen LogP contribution in [0.3, 0.4) is 0 Å². The summed E-state index contributed by atoms with van der Waals surface area (Å²) in [6.45, 7) is 0. The van der Waals surface area contributed by atoms with Crippen molar-refractivity contribution >= 4 is 33.3 Å². The number of benzene rings is 1. The molecular weight excluding hydrogens is 302 g/mol. The summed E-state index contributed by atoms with van der Waals surface area (Å²) < 4.78 is 0.905. The number of hydrogen-bond donors (Lipinski definition) is 0. The Morgan fingerprint density at radius 1 is 1.24 bits per heavy atom. The lowest BCUT2D eigenvalue weighted by molar-refractivity contribution is 0.0993. The van der Waals surface area contributed by atoms with Gasteiger partial charge in [0.1, 0.15) is 0 Å². The Morgan fingerprint density at radius 2 is 1.94 bits per heavy atom. The molecule has 0 N–H and O–H groups in total. The Labute approximate surface area is 113 Å². The van der Waals surface area contributed by atoms with E-state index in [9.17, 15) is 4.79 Å². The van der Waals surface area contributed by atoms with E-state index in [1.165, 1.54) is 0 Å². The van der Waals surface area contributed by atoms with E-state index in [2.05, 4.69) is 20.9 Å². The summed E-state index contributed by atoms with van der Waals surface area (Å²) in [5, 5.41) is 0.599. The topological polar surface area (TPSA) is 30.0 Å². The first-order valence-electron chi connectivity index (χ1n) is 5.04. The van der Waals surface area contributed by atoms with Crippen LogP contribution in [0.2, 0.25) is 5.02 Å². The molecule has 0 radical (unpaired) electrons. The van der Waals surface area contributed by atoms with Gasteiger partial charge in [-0.2, -0.15) is 0 Å². The highest BCUT2D eigenvalue weighted by Crippen LogP contribution is 2.22. The fourth-order valence-electron chi connectivity index (χ4n) is 1.48. The highest BCUT2D eigenvalue weighted by atomic mass is 79.9. The predicted octanol–water partition coefficient (Wildman–Crippen LogP) is 3.92. The average molecular weight is 311 g/mol. The molecule has 86 valence electrons. The Morgan fingerprint density at radius 3 is 2.59 bits per heavy atom. The zero-order chi connectivity index (χ0) is 12.3. The molecule has 2 aromatic rings. The van der Waals surface area contributed by atoms with Crippen molar-refractivity contribution < 1.29 is 4.79 Å². The molecule has 0 saturated heterocycles. The molecule has 0 spiro atoms. The molecule has 0 atom stereocenters. The van der Waals surface area contributed by atoms with Gasteiger partial charge in [0, 0.05) is 33.9 Å². The summed E-state index contributed by atoms with van der Waals surface area (Å²) >= 11 is 9.40. The third-order valence-corrected chi connectivity index (χ3v) is 3.21. The van der Waals surface area contributed by atoms with Crippen LogP contribution in [-0.2, 0) is 6.42 Å². The summed E-state index contributed by atoms with van der Waals surface area (Å²) in [6, 6.07) is 8.92. The Bertz CT molecular complexity index is 542. The summed E-state index contributed by atoms with van der Waals surface area (Å²) in [4.78, 5) is 15.8. The van der Waals surface area contributed by atoms with Crippen LogP contribution < -0.4 is 0 Å². The van der Waals surface area contributed by atoms with Gasteiger partial charge in [-0.3, -0.25) is 9.78 Å². The van der Waals surface area contributed by atoms with Crippen molar-refractivity contribution in [1.82, 2.24) is 4.98 Å². The lowest BCUT2D eigenvalue weighted by Crippen LogP contribution is -2.03. The maximum atomic E-state index is 12.0. The second-order valence-corrected chi connectivity index (χ2v) is 4.89. The van der Waals surface area contributed by atoms with E-state index < -0.39 is 0 Å². The quantitative estimate of drug-likeness (QED) is 0.804. The Hall–Kier alpha value is -1.19. The third-order valence-electron chi connectivity index (χ3n) is 2.37. The lowest BCUT2D eigenvalue weighted by atomic mass is 10.0. The van der Waals surface area contributed by atoms with Gasteiger partial charge in [0.15, 0.2) is 5.78 Å². The standard InChI is InChI=1S/C13H9BrClNO/c14-11-2-1-10(12(15)8-11)7-13(17)9-3-5-16-6-4-9/h1-6,8H,7H2. The fourth-order valence-corrected chi connectivity index (χ4v) is 2.22. The largest absolute Gasteiger partial charge is 0.294 e. The number of carbonyl (C=O) groups is 1. The molecular formula is C13H9BrClNO. The molecule has 0 saturated carbocycles. The van der Waals surface area contributed by atoms with Gasteiger partial charge in [0.25, 0.3) is 0 Å². The number of halogens is 2. The van der Waals surface area contributed by atoms with Gasteiger partial charge < -0.3 is 0 Å². The van der Waals surface area contributed by atoms with E-state index in [0.29, 0.717) is 17.0 Å². The summed E-state index contributed by atoms with van der Waals surface area (Å²) in [5.41, 5.74) is 1.48. The van der Waals surface area contributed by atoms with Crippen LogP contribution in [0.4, 0.5) is 0 Å². The van der Waals surface area contributed by atoms with Crippen molar-refractivity contribution in [2.45, 2.75) is 6.42 Å². The van der Waals surface area contributed by atoms with Crippen molar-refractivity contribution in [1.29, 1.82) is 0 Å². The van der Waals surface area contributed by atoms with E-state index in [0.717, 1.165) is 10.0 Å². The number of pyridine rings is 1. The molecule has 0 aliphatic carbocycles. The number of nitrogens with zero attached hydrogens (tertiary/aromatic N) is 1. The molecule has 0 unspecified atom stereocenters. The van der Waals surface area contributed by atoms with Gasteiger partial charge in [-0.1, -0.05) is 33.6 Å². The van der Waals surface area contributed by atoms with Crippen LogP contribution in [0.5, 0.6) is 0 Å². The first-order valence-corrected chi connectivity index (χ1v) is 6.21. The molecule has 4 heteroatoms. The monoisotopic (exact) mass is 309 g/mol. The number of aromatic nitrogens is 1. The molecule has 2 nitrogen and oxygen atoms in total. The third kappa shape index (κ3) is 3.14. The van der Waals surface area contributed by atoms with Crippen LogP contribution in [0.25, 0.3) is 0 Å². The minimum Gasteiger partial charge on any atom is -0.294 e. The SMILES string of the molecule is O=C(Cc1ccc(Br)cc1Cl)c1ccncc1. The molecule has 0 aliphatic heterocycles. The van der Waals surface area contributed by atoms with E-state index in [-0.39, 0.29) is 5.78 Å². The second-order valence-electron chi connectivity index (χ2n) is 3.57. The fraction of sp³-hybridized carbons (Fsp3) is 0.0769. The maximum absolute atomic E-state index is 12.0. The molecule has 1 heterocycles. The number of ketones is 1. The van der Waals surface area contributed by atoms with Gasteiger partial charge in [-0.15, -0.1) is 0 Å². The van der Waals surface area contributed by atoms with E-state index in [1.54, 1.807) is 30.6 Å². The van der Waals surface area contributed by atoms with Crippen molar-refractivity contribution in [2.24, 2.45) is 0 Å². The van der Waals surface area contributed by atoms with Crippen LogP contribution in [-0.4, -0.2) is 10.8 Å². The van der Waals surface area contributed by atoms with Gasteiger partial charge in [-0.25, -0.2) is 0 Å². The van der Waals surface area contributed by atoms with E-state index in [1.807, 2.05) is 12.1 Å². The molecule has 0 fully saturated rings. The second kappa shape index (κ2) is 5.43. The molecule has 1 aromatic heterocycles. The zero-order valence-corrected chi connectivity index (χ0v) is 11.2. The lowest BCUT2D eigenvalue weighted by Gasteiger charge is -2.04. The molecule has 1 aromatic carbocycles. The Kier molecular flexibility index (Phi) is 3.92. The van der Waals surface area contributed by atoms with Crippen molar-refractivity contribution in [3.05, 3.63) is 63.3 Å². The van der Waals surface area contributed by atoms with Crippen LogP contribution in [0.1, 0.15) is 15.9 Å². The first kappa shape index (κ1) is 12.3. The molecule has 2 rings (SSSR count). The average Bonchev–Trinajstić information content (AvgIpc) is 2.34. The summed E-state index contributed by atoms with van der Waals surface area (Å²) in [6.07, 6.45) is 3.52. The smallest absolute Gasteiger partial charge is 0.167 e. The van der Waals surface area contributed by atoms with Crippen molar-refractivity contribution in [2.75, 3.05) is 0 Å². The number of hydrogen-bond acceptors (Lipinski definition) is 2. The maximum Gasteiger partial charge on any atom is 0.167 e. The summed E-state index contributed by atoms with van der Waals surface area (Å²) in [7, 11) is 0. The molecule has 17 heavy (non-hydrogen) atoms. The van der Waals surface area contributed by atoms with Crippen LogP contribution in [0.15, 0.2) is 47.2 Å². The first-order chi connectivity index (χ1) is 8.16. The normalized spacial score (nSPS) is 10.2. The molecule has 0 bridgehead atoms. The Balaban J connectivity index is 2.19. The number of Topliss-reactive ketones (excluding diaryl/α,β-unsaturated/α-hetero) is 1. The van der Waals surface area contributed by atoms with Gasteiger partial charge in [0.05, 0.1) is 0 Å². The highest BCUT2D eigenvalue weighted by Gasteiger charge is 2.09. The predicted molar refractivity (Wildman–Crippen MR) is 71.4 cm³/mol.